The molecule has 1 unspecified atom stereocenters. The van der Waals surface area contributed by atoms with Crippen LogP contribution in [0.5, 0.6) is 0 Å². The number of ether oxygens (including phenoxy) is 1. The van der Waals surface area contributed by atoms with Crippen molar-refractivity contribution >= 4 is 29.9 Å². The Bertz CT molecular complexity index is 487. The van der Waals surface area contributed by atoms with Crippen molar-refractivity contribution in [3.63, 3.8) is 0 Å². The van der Waals surface area contributed by atoms with E-state index in [-0.39, 0.29) is 24.0 Å². The lowest BCUT2D eigenvalue weighted by molar-refractivity contribution is -0.00177. The highest BCUT2D eigenvalue weighted by atomic mass is 127. The lowest BCUT2D eigenvalue weighted by atomic mass is 9.87. The van der Waals surface area contributed by atoms with Gasteiger partial charge >= 0.3 is 0 Å². The smallest absolute Gasteiger partial charge is 0.193 e. The van der Waals surface area contributed by atoms with E-state index >= 15 is 0 Å². The molecule has 0 spiro atoms. The summed E-state index contributed by atoms with van der Waals surface area (Å²) in [6, 6.07) is 0. The Morgan fingerprint density at radius 2 is 1.81 bits per heavy atom. The summed E-state index contributed by atoms with van der Waals surface area (Å²) in [4.78, 5) is 9.86. The third kappa shape index (κ3) is 5.30. The maximum atomic E-state index is 5.58. The molecular weight excluding hydrogens is 451 g/mol. The van der Waals surface area contributed by atoms with Crippen LogP contribution in [0.15, 0.2) is 4.99 Å². The fourth-order valence-corrected chi connectivity index (χ4v) is 5.27. The fraction of sp³-hybridized carbons (Fsp3) is 0.952. The zero-order chi connectivity index (χ0) is 18.6. The Balaban J connectivity index is 0.00000261. The highest BCUT2D eigenvalue weighted by molar-refractivity contribution is 14.0. The number of likely N-dealkylation sites (tertiary alicyclic amines) is 2. The van der Waals surface area contributed by atoms with Crippen LogP contribution < -0.4 is 5.32 Å². The first-order chi connectivity index (χ1) is 12.5. The minimum atomic E-state index is 0. The van der Waals surface area contributed by atoms with E-state index in [1.54, 1.807) is 0 Å². The van der Waals surface area contributed by atoms with Gasteiger partial charge in [0.2, 0.25) is 0 Å². The van der Waals surface area contributed by atoms with E-state index in [2.05, 4.69) is 34.0 Å². The van der Waals surface area contributed by atoms with Gasteiger partial charge in [-0.15, -0.1) is 24.0 Å². The summed E-state index contributed by atoms with van der Waals surface area (Å²) in [6.45, 7) is 10.4. The number of aliphatic imine (C=N–C) groups is 1. The van der Waals surface area contributed by atoms with Gasteiger partial charge in [0.15, 0.2) is 5.96 Å². The second kappa shape index (κ2) is 10.1. The van der Waals surface area contributed by atoms with Crippen molar-refractivity contribution in [1.82, 2.24) is 15.1 Å². The Morgan fingerprint density at radius 1 is 1.15 bits per heavy atom. The maximum Gasteiger partial charge on any atom is 0.193 e. The average Bonchev–Trinajstić information content (AvgIpc) is 3.31. The Kier molecular flexibility index (Phi) is 8.68. The van der Waals surface area contributed by atoms with Crippen molar-refractivity contribution in [3.05, 3.63) is 0 Å². The molecule has 3 fully saturated rings. The van der Waals surface area contributed by atoms with Crippen LogP contribution in [0.25, 0.3) is 0 Å². The standard InChI is InChI=1S/C21H40N4O.HI/c1-5-20(2)12-15-24(17-20)19(22-3)23-16-21(10-6-7-11-21)25-13-8-18(26-4)9-14-25;/h18H,5-17H2,1-4H3,(H,22,23);1H. The monoisotopic (exact) mass is 492 g/mol. The zero-order valence-electron chi connectivity index (χ0n) is 17.9. The summed E-state index contributed by atoms with van der Waals surface area (Å²) in [5.41, 5.74) is 0.771. The first-order valence-corrected chi connectivity index (χ1v) is 10.8. The third-order valence-electron chi connectivity index (χ3n) is 7.48. The predicted octanol–water partition coefficient (Wildman–Crippen LogP) is 3.73. The molecule has 1 atom stereocenters. The van der Waals surface area contributed by atoms with E-state index in [0.29, 0.717) is 17.1 Å². The zero-order valence-corrected chi connectivity index (χ0v) is 20.3. The lowest BCUT2D eigenvalue weighted by Crippen LogP contribution is -2.58. The van der Waals surface area contributed by atoms with Gasteiger partial charge in [0, 0.05) is 52.4 Å². The van der Waals surface area contributed by atoms with E-state index in [0.717, 1.165) is 25.6 Å². The molecule has 3 rings (SSSR count). The topological polar surface area (TPSA) is 40.1 Å². The van der Waals surface area contributed by atoms with Crippen LogP contribution in [0.3, 0.4) is 0 Å². The van der Waals surface area contributed by atoms with Crippen molar-refractivity contribution < 1.29 is 4.74 Å². The Hall–Kier alpha value is -0.0800. The average molecular weight is 492 g/mol. The predicted molar refractivity (Wildman–Crippen MR) is 124 cm³/mol. The van der Waals surface area contributed by atoms with Crippen LogP contribution in [0.1, 0.15) is 65.2 Å². The molecule has 27 heavy (non-hydrogen) atoms. The molecule has 1 saturated carbocycles. The Labute approximate surface area is 183 Å². The molecule has 0 aromatic rings. The lowest BCUT2D eigenvalue weighted by Gasteiger charge is -2.45. The van der Waals surface area contributed by atoms with Gasteiger partial charge in [-0.05, 0) is 43.9 Å². The highest BCUT2D eigenvalue weighted by Gasteiger charge is 2.41. The molecule has 0 aromatic carbocycles. The van der Waals surface area contributed by atoms with Gasteiger partial charge in [-0.3, -0.25) is 9.89 Å². The molecule has 158 valence electrons. The molecule has 0 radical (unpaired) electrons. The van der Waals surface area contributed by atoms with Gasteiger partial charge in [0.25, 0.3) is 0 Å². The number of piperidine rings is 1. The van der Waals surface area contributed by atoms with E-state index < -0.39 is 0 Å². The second-order valence-electron chi connectivity index (χ2n) is 9.09. The summed E-state index contributed by atoms with van der Waals surface area (Å²) < 4.78 is 5.58. The number of hydrogen-bond donors (Lipinski definition) is 1. The van der Waals surface area contributed by atoms with Crippen LogP contribution in [0.2, 0.25) is 0 Å². The van der Waals surface area contributed by atoms with Gasteiger partial charge in [0.05, 0.1) is 6.10 Å². The third-order valence-corrected chi connectivity index (χ3v) is 7.48. The molecule has 2 saturated heterocycles. The van der Waals surface area contributed by atoms with E-state index in [9.17, 15) is 0 Å². The van der Waals surface area contributed by atoms with Crippen LogP contribution >= 0.6 is 24.0 Å². The number of halogens is 1. The van der Waals surface area contributed by atoms with Crippen molar-refractivity contribution in [2.45, 2.75) is 76.9 Å². The number of guanidine groups is 1. The normalized spacial score (nSPS) is 29.8. The molecular formula is C21H41IN4O. The SMILES string of the molecule is CCC1(C)CCN(C(=NC)NCC2(N3CCC(OC)CC3)CCCC2)C1.I. The number of nitrogens with zero attached hydrogens (tertiary/aromatic N) is 3. The number of rotatable bonds is 5. The summed E-state index contributed by atoms with van der Waals surface area (Å²) in [5.74, 6) is 1.11. The first kappa shape index (κ1) is 23.2. The number of methoxy groups -OCH3 is 1. The molecule has 6 heteroatoms. The van der Waals surface area contributed by atoms with E-state index in [1.807, 2.05) is 14.2 Å². The van der Waals surface area contributed by atoms with Crippen molar-refractivity contribution in [2.75, 3.05) is 46.9 Å². The summed E-state index contributed by atoms with van der Waals surface area (Å²) in [7, 11) is 3.80. The van der Waals surface area contributed by atoms with Gasteiger partial charge in [-0.2, -0.15) is 0 Å². The van der Waals surface area contributed by atoms with Gasteiger partial charge in [-0.25, -0.2) is 0 Å². The van der Waals surface area contributed by atoms with Crippen LogP contribution in [-0.4, -0.2) is 74.3 Å². The van der Waals surface area contributed by atoms with Gasteiger partial charge in [0.1, 0.15) is 0 Å². The van der Waals surface area contributed by atoms with Crippen LogP contribution in [0.4, 0.5) is 0 Å². The van der Waals surface area contributed by atoms with E-state index in [1.165, 1.54) is 64.5 Å². The fourth-order valence-electron chi connectivity index (χ4n) is 5.27. The maximum absolute atomic E-state index is 5.58. The van der Waals surface area contributed by atoms with Crippen LogP contribution in [-0.2, 0) is 4.74 Å². The summed E-state index contributed by atoms with van der Waals surface area (Å²) in [5, 5.41) is 3.78. The molecule has 0 aromatic heterocycles. The molecule has 0 bridgehead atoms. The first-order valence-electron chi connectivity index (χ1n) is 10.8. The van der Waals surface area contributed by atoms with Crippen molar-refractivity contribution in [3.8, 4) is 0 Å². The quantitative estimate of drug-likeness (QED) is 0.361. The van der Waals surface area contributed by atoms with Gasteiger partial charge < -0.3 is 15.0 Å². The summed E-state index contributed by atoms with van der Waals surface area (Å²) >= 11 is 0. The molecule has 2 aliphatic heterocycles. The van der Waals surface area contributed by atoms with Crippen LogP contribution in [0, 0.1) is 5.41 Å². The minimum Gasteiger partial charge on any atom is -0.381 e. The molecule has 2 heterocycles. The second-order valence-corrected chi connectivity index (χ2v) is 9.09. The largest absolute Gasteiger partial charge is 0.381 e. The van der Waals surface area contributed by atoms with Gasteiger partial charge in [-0.1, -0.05) is 26.7 Å². The van der Waals surface area contributed by atoms with E-state index in [4.69, 9.17) is 4.74 Å². The number of hydrogen-bond acceptors (Lipinski definition) is 3. The van der Waals surface area contributed by atoms with Crippen molar-refractivity contribution in [1.29, 1.82) is 0 Å². The highest BCUT2D eigenvalue weighted by Crippen LogP contribution is 2.37. The molecule has 0 amide bonds. The number of nitrogens with one attached hydrogen (secondary N) is 1. The van der Waals surface area contributed by atoms with Crippen molar-refractivity contribution in [2.24, 2.45) is 10.4 Å². The Morgan fingerprint density at radius 3 is 2.33 bits per heavy atom. The summed E-state index contributed by atoms with van der Waals surface area (Å²) in [6.07, 6.45) is 10.7. The molecule has 1 aliphatic carbocycles. The molecule has 3 aliphatic rings. The molecule has 5 nitrogen and oxygen atoms in total. The molecule has 1 N–H and O–H groups in total. The minimum absolute atomic E-state index is 0.